The Bertz CT molecular complexity index is 697. The van der Waals surface area contributed by atoms with Crippen LogP contribution in [0, 0.1) is 6.92 Å². The molecule has 1 unspecified atom stereocenters. The number of hydrogen-bond donors (Lipinski definition) is 1. The maximum absolute atomic E-state index is 11.9. The lowest BCUT2D eigenvalue weighted by molar-refractivity contribution is 0.0607. The monoisotopic (exact) mass is 388 g/mol. The van der Waals surface area contributed by atoms with Gasteiger partial charge in [-0.15, -0.1) is 11.3 Å². The topological polar surface area (TPSA) is 78.5 Å². The molecule has 5 nitrogen and oxygen atoms in total. The summed E-state index contributed by atoms with van der Waals surface area (Å²) in [5.41, 5.74) is 3.00. The Balaban J connectivity index is 2.46. The Morgan fingerprint density at radius 1 is 1.38 bits per heavy atom. The highest BCUT2D eigenvalue weighted by molar-refractivity contribution is 9.11. The number of nitrogens with one attached hydrogen (secondary N) is 1. The van der Waals surface area contributed by atoms with Gasteiger partial charge in [-0.2, -0.15) is 0 Å². The number of esters is 1. The normalized spacial score (nSPS) is 12.0. The fourth-order valence-corrected chi connectivity index (χ4v) is 3.86. The van der Waals surface area contributed by atoms with Gasteiger partial charge in [0.25, 0.3) is 0 Å². The lowest BCUT2D eigenvalue weighted by Crippen LogP contribution is -2.02. The highest BCUT2D eigenvalue weighted by Gasteiger charge is 2.21. The van der Waals surface area contributed by atoms with Crippen LogP contribution in [-0.4, -0.2) is 21.8 Å². The van der Waals surface area contributed by atoms with E-state index < -0.39 is 17.2 Å². The third-order valence-electron chi connectivity index (χ3n) is 2.83. The molecule has 2 rings (SSSR count). The SMILES string of the molecule is COC(=O)c1sc(Br)c(C)c1-c1ccc(NS(=O)[O-])cc1. The van der Waals surface area contributed by atoms with Crippen molar-refractivity contribution < 1.29 is 18.3 Å². The second-order valence-electron chi connectivity index (χ2n) is 4.11. The number of rotatable bonds is 4. The molecule has 1 aromatic heterocycles. The van der Waals surface area contributed by atoms with Crippen molar-refractivity contribution in [2.24, 2.45) is 0 Å². The number of halogens is 1. The minimum Gasteiger partial charge on any atom is -0.755 e. The second-order valence-corrected chi connectivity index (χ2v) is 7.12. The molecule has 1 atom stereocenters. The van der Waals surface area contributed by atoms with Crippen molar-refractivity contribution >= 4 is 50.2 Å². The van der Waals surface area contributed by atoms with E-state index in [2.05, 4.69) is 20.7 Å². The molecule has 0 aliphatic carbocycles. The Labute approximate surface area is 136 Å². The molecule has 1 aromatic carbocycles. The van der Waals surface area contributed by atoms with Crippen molar-refractivity contribution in [3.05, 3.63) is 38.5 Å². The number of ether oxygens (including phenoxy) is 1. The van der Waals surface area contributed by atoms with Crippen LogP contribution in [0.15, 0.2) is 28.1 Å². The molecule has 0 aliphatic rings. The average molecular weight is 389 g/mol. The third-order valence-corrected chi connectivity index (χ3v) is 5.38. The van der Waals surface area contributed by atoms with Gasteiger partial charge in [-0.25, -0.2) is 4.79 Å². The highest BCUT2D eigenvalue weighted by atomic mass is 79.9. The smallest absolute Gasteiger partial charge is 0.348 e. The van der Waals surface area contributed by atoms with Gasteiger partial charge in [-0.3, -0.25) is 4.21 Å². The molecule has 112 valence electrons. The van der Waals surface area contributed by atoms with Gasteiger partial charge in [-0.1, -0.05) is 12.1 Å². The zero-order chi connectivity index (χ0) is 15.6. The maximum atomic E-state index is 11.9. The van der Waals surface area contributed by atoms with Crippen LogP contribution in [0.25, 0.3) is 11.1 Å². The number of methoxy groups -OCH3 is 1. The summed E-state index contributed by atoms with van der Waals surface area (Å²) in [7, 11) is 1.34. The minimum absolute atomic E-state index is 0.397. The zero-order valence-electron chi connectivity index (χ0n) is 11.1. The van der Waals surface area contributed by atoms with Gasteiger partial charge >= 0.3 is 5.97 Å². The van der Waals surface area contributed by atoms with Crippen molar-refractivity contribution in [1.29, 1.82) is 0 Å². The molecule has 0 fully saturated rings. The van der Waals surface area contributed by atoms with Crippen molar-refractivity contribution in [2.45, 2.75) is 6.92 Å². The highest BCUT2D eigenvalue weighted by Crippen LogP contribution is 2.40. The number of benzene rings is 1. The number of carbonyl (C=O) groups excluding carboxylic acids is 1. The fourth-order valence-electron chi connectivity index (χ4n) is 1.87. The van der Waals surface area contributed by atoms with Gasteiger partial charge in [0, 0.05) is 22.5 Å². The molecular weight excluding hydrogens is 378 g/mol. The predicted octanol–water partition coefficient (Wildman–Crippen LogP) is 3.48. The Morgan fingerprint density at radius 3 is 2.52 bits per heavy atom. The van der Waals surface area contributed by atoms with Gasteiger partial charge in [0.1, 0.15) is 4.88 Å². The van der Waals surface area contributed by atoms with Crippen LogP contribution in [-0.2, 0) is 16.0 Å². The molecule has 0 bridgehead atoms. The molecule has 2 aromatic rings. The summed E-state index contributed by atoms with van der Waals surface area (Å²) < 4.78 is 29.1. The van der Waals surface area contributed by atoms with Gasteiger partial charge in [0.2, 0.25) is 0 Å². The largest absolute Gasteiger partial charge is 0.755 e. The Kier molecular flexibility index (Phi) is 5.15. The molecule has 1 N–H and O–H groups in total. The molecule has 0 saturated carbocycles. The summed E-state index contributed by atoms with van der Waals surface area (Å²) in [4.78, 5) is 12.4. The van der Waals surface area contributed by atoms with E-state index in [0.29, 0.717) is 10.6 Å². The van der Waals surface area contributed by atoms with Crippen molar-refractivity contribution in [3.63, 3.8) is 0 Å². The van der Waals surface area contributed by atoms with Gasteiger partial charge in [-0.05, 0) is 46.1 Å². The first-order valence-corrected chi connectivity index (χ1v) is 8.46. The number of anilines is 1. The second kappa shape index (κ2) is 6.69. The van der Waals surface area contributed by atoms with Crippen LogP contribution < -0.4 is 4.72 Å². The van der Waals surface area contributed by atoms with Crippen LogP contribution in [0.5, 0.6) is 0 Å². The molecule has 0 saturated heterocycles. The lowest BCUT2D eigenvalue weighted by atomic mass is 10.0. The van der Waals surface area contributed by atoms with E-state index in [0.717, 1.165) is 20.5 Å². The Hall–Kier alpha value is -1.22. The quantitative estimate of drug-likeness (QED) is 0.642. The van der Waals surface area contributed by atoms with Crippen molar-refractivity contribution in [3.8, 4) is 11.1 Å². The van der Waals surface area contributed by atoms with E-state index in [9.17, 15) is 13.6 Å². The summed E-state index contributed by atoms with van der Waals surface area (Å²) in [6.45, 7) is 1.90. The zero-order valence-corrected chi connectivity index (χ0v) is 14.4. The summed E-state index contributed by atoms with van der Waals surface area (Å²) in [5, 5.41) is 0. The molecular formula is C13H11BrNO4S2-. The average Bonchev–Trinajstić information content (AvgIpc) is 2.74. The van der Waals surface area contributed by atoms with E-state index in [4.69, 9.17) is 4.74 Å². The fraction of sp³-hybridized carbons (Fsp3) is 0.154. The molecule has 0 radical (unpaired) electrons. The molecule has 0 spiro atoms. The van der Waals surface area contributed by atoms with Gasteiger partial charge in [0.15, 0.2) is 0 Å². The maximum Gasteiger partial charge on any atom is 0.348 e. The first kappa shape index (κ1) is 16.2. The minimum atomic E-state index is -2.36. The first-order chi connectivity index (χ1) is 9.93. The van der Waals surface area contributed by atoms with Crippen molar-refractivity contribution in [2.75, 3.05) is 11.8 Å². The molecule has 21 heavy (non-hydrogen) atoms. The van der Waals surface area contributed by atoms with Crippen LogP contribution >= 0.6 is 27.3 Å². The van der Waals surface area contributed by atoms with Gasteiger partial charge < -0.3 is 14.0 Å². The molecule has 8 heteroatoms. The van der Waals surface area contributed by atoms with Crippen molar-refractivity contribution in [1.82, 2.24) is 0 Å². The van der Waals surface area contributed by atoms with Crippen LogP contribution in [0.4, 0.5) is 5.69 Å². The predicted molar refractivity (Wildman–Crippen MR) is 86.1 cm³/mol. The van der Waals surface area contributed by atoms with E-state index in [-0.39, 0.29) is 0 Å². The standard InChI is InChI=1S/C13H12BrNO4S2/c1-7-10(11(13(16)19-2)20-12(7)14)8-3-5-9(6-4-8)15-21(17)18/h3-6,15H,1-2H3,(H,17,18)/p-1. The van der Waals surface area contributed by atoms with Gasteiger partial charge in [0.05, 0.1) is 10.9 Å². The van der Waals surface area contributed by atoms with Crippen LogP contribution in [0.2, 0.25) is 0 Å². The third kappa shape index (κ3) is 3.52. The Morgan fingerprint density at radius 2 is 2.00 bits per heavy atom. The van der Waals surface area contributed by atoms with Crippen LogP contribution in [0.3, 0.4) is 0 Å². The molecule has 0 amide bonds. The first-order valence-electron chi connectivity index (χ1n) is 5.77. The summed E-state index contributed by atoms with van der Waals surface area (Å²) in [5.74, 6) is -0.397. The summed E-state index contributed by atoms with van der Waals surface area (Å²) >= 11 is 2.38. The van der Waals surface area contributed by atoms with Crippen LogP contribution in [0.1, 0.15) is 15.2 Å². The van der Waals surface area contributed by atoms with E-state index in [1.54, 1.807) is 24.3 Å². The molecule has 0 aliphatic heterocycles. The number of carbonyl (C=O) groups is 1. The van der Waals surface area contributed by atoms with E-state index in [1.165, 1.54) is 18.4 Å². The lowest BCUT2D eigenvalue weighted by Gasteiger charge is -2.10. The van der Waals surface area contributed by atoms with E-state index >= 15 is 0 Å². The number of thiophene rings is 1. The van der Waals surface area contributed by atoms with E-state index in [1.807, 2.05) is 6.92 Å². The summed E-state index contributed by atoms with van der Waals surface area (Å²) in [6, 6.07) is 6.78. The molecule has 1 heterocycles. The summed E-state index contributed by atoms with van der Waals surface area (Å²) in [6.07, 6.45) is 0. The number of hydrogen-bond acceptors (Lipinski definition) is 5.